The van der Waals surface area contributed by atoms with Gasteiger partial charge in [0, 0.05) is 51.4 Å². The zero-order chi connectivity index (χ0) is 19.2. The number of fused-ring (bicyclic) bond motifs is 1. The third-order valence-electron chi connectivity index (χ3n) is 6.21. The molecule has 0 spiro atoms. The van der Waals surface area contributed by atoms with E-state index < -0.39 is 0 Å². The van der Waals surface area contributed by atoms with E-state index in [2.05, 4.69) is 30.7 Å². The van der Waals surface area contributed by atoms with Gasteiger partial charge in [-0.05, 0) is 37.8 Å². The summed E-state index contributed by atoms with van der Waals surface area (Å²) in [6, 6.07) is 7.32. The molecular weight excluding hydrogens is 477 g/mol. The van der Waals surface area contributed by atoms with Gasteiger partial charge in [-0.1, -0.05) is 25.3 Å². The molecule has 0 bridgehead atoms. The Hall–Kier alpha value is -1.42. The number of aliphatic imine (C=N–C) groups is 1. The SMILES string of the molecule is CN=C(NCCc1nnc2ccccn12)NC1CCN(C2CCCCC2)CC1.I. The van der Waals surface area contributed by atoms with Gasteiger partial charge in [0.2, 0.25) is 0 Å². The Kier molecular flexibility index (Phi) is 8.53. The normalized spacial score (nSPS) is 19.8. The van der Waals surface area contributed by atoms with E-state index in [0.29, 0.717) is 6.04 Å². The van der Waals surface area contributed by atoms with E-state index in [0.717, 1.165) is 36.4 Å². The van der Waals surface area contributed by atoms with Crippen LogP contribution in [0.15, 0.2) is 29.4 Å². The molecule has 2 aromatic heterocycles. The van der Waals surface area contributed by atoms with E-state index in [1.54, 1.807) is 0 Å². The standard InChI is InChI=1S/C21H33N7.HI/c1-22-21(23-13-10-20-26-25-19-9-5-6-14-28(19)20)24-17-11-15-27(16-12-17)18-7-3-2-4-8-18;/h5-6,9,14,17-18H,2-4,7-8,10-13,15-16H2,1H3,(H2,22,23,24);1H. The van der Waals surface area contributed by atoms with Gasteiger partial charge in [0.05, 0.1) is 0 Å². The van der Waals surface area contributed by atoms with Gasteiger partial charge in [0.25, 0.3) is 0 Å². The lowest BCUT2D eigenvalue weighted by Crippen LogP contribution is -2.51. The van der Waals surface area contributed by atoms with Gasteiger partial charge in [-0.2, -0.15) is 0 Å². The molecule has 0 radical (unpaired) electrons. The van der Waals surface area contributed by atoms with Crippen molar-refractivity contribution in [2.75, 3.05) is 26.7 Å². The van der Waals surface area contributed by atoms with Gasteiger partial charge < -0.3 is 15.5 Å². The van der Waals surface area contributed by atoms with Crippen LogP contribution < -0.4 is 10.6 Å². The Morgan fingerprint density at radius 3 is 2.66 bits per heavy atom. The summed E-state index contributed by atoms with van der Waals surface area (Å²) in [5, 5.41) is 15.6. The number of likely N-dealkylation sites (tertiary alicyclic amines) is 1. The highest BCUT2D eigenvalue weighted by molar-refractivity contribution is 14.0. The monoisotopic (exact) mass is 511 g/mol. The van der Waals surface area contributed by atoms with E-state index in [4.69, 9.17) is 0 Å². The maximum absolute atomic E-state index is 4.41. The predicted octanol–water partition coefficient (Wildman–Crippen LogP) is 2.85. The largest absolute Gasteiger partial charge is 0.356 e. The minimum absolute atomic E-state index is 0. The second-order valence-corrected chi connectivity index (χ2v) is 8.04. The van der Waals surface area contributed by atoms with E-state index in [9.17, 15) is 0 Å². The summed E-state index contributed by atoms with van der Waals surface area (Å²) in [5.41, 5.74) is 0.893. The number of guanidine groups is 1. The molecule has 2 aliphatic rings. The first-order valence-electron chi connectivity index (χ1n) is 10.8. The molecule has 0 unspecified atom stereocenters. The van der Waals surface area contributed by atoms with Crippen molar-refractivity contribution in [1.29, 1.82) is 0 Å². The molecule has 2 aromatic rings. The van der Waals surface area contributed by atoms with Crippen molar-refractivity contribution in [2.45, 2.75) is 63.5 Å². The van der Waals surface area contributed by atoms with Crippen molar-refractivity contribution in [3.05, 3.63) is 30.2 Å². The first-order valence-corrected chi connectivity index (χ1v) is 10.8. The van der Waals surface area contributed by atoms with Crippen LogP contribution in [0.3, 0.4) is 0 Å². The highest BCUT2D eigenvalue weighted by Crippen LogP contribution is 2.25. The Balaban J connectivity index is 0.00000240. The number of pyridine rings is 1. The molecule has 2 N–H and O–H groups in total. The quantitative estimate of drug-likeness (QED) is 0.367. The average molecular weight is 511 g/mol. The molecule has 1 saturated heterocycles. The number of hydrogen-bond acceptors (Lipinski definition) is 4. The molecule has 0 amide bonds. The first-order chi connectivity index (χ1) is 13.8. The molecule has 29 heavy (non-hydrogen) atoms. The molecule has 4 rings (SSSR count). The van der Waals surface area contributed by atoms with Crippen LogP contribution >= 0.6 is 24.0 Å². The Bertz CT molecular complexity index is 776. The fourth-order valence-electron chi connectivity index (χ4n) is 4.60. The van der Waals surface area contributed by atoms with E-state index in [1.807, 2.05) is 35.8 Å². The summed E-state index contributed by atoms with van der Waals surface area (Å²) < 4.78 is 2.04. The molecule has 160 valence electrons. The minimum atomic E-state index is 0. The van der Waals surface area contributed by atoms with Crippen LogP contribution in [-0.2, 0) is 6.42 Å². The zero-order valence-electron chi connectivity index (χ0n) is 17.4. The summed E-state index contributed by atoms with van der Waals surface area (Å²) in [5.74, 6) is 1.87. The van der Waals surface area contributed by atoms with E-state index in [1.165, 1.54) is 58.0 Å². The maximum atomic E-state index is 4.41. The van der Waals surface area contributed by atoms with Gasteiger partial charge in [-0.25, -0.2) is 0 Å². The van der Waals surface area contributed by atoms with Crippen molar-refractivity contribution < 1.29 is 0 Å². The fourth-order valence-corrected chi connectivity index (χ4v) is 4.60. The smallest absolute Gasteiger partial charge is 0.191 e. The second kappa shape index (κ2) is 11.1. The third-order valence-corrected chi connectivity index (χ3v) is 6.21. The van der Waals surface area contributed by atoms with Crippen LogP contribution in [0.1, 0.15) is 50.8 Å². The van der Waals surface area contributed by atoms with Crippen molar-refractivity contribution in [2.24, 2.45) is 4.99 Å². The number of aromatic nitrogens is 3. The topological polar surface area (TPSA) is 69.8 Å². The molecule has 0 atom stereocenters. The van der Waals surface area contributed by atoms with Gasteiger partial charge in [-0.3, -0.25) is 9.39 Å². The molecule has 1 aliphatic carbocycles. The van der Waals surface area contributed by atoms with E-state index >= 15 is 0 Å². The van der Waals surface area contributed by atoms with Crippen LogP contribution in [0.5, 0.6) is 0 Å². The molecule has 1 aliphatic heterocycles. The predicted molar refractivity (Wildman–Crippen MR) is 128 cm³/mol. The molecule has 2 fully saturated rings. The van der Waals surface area contributed by atoms with Crippen LogP contribution in [0.25, 0.3) is 5.65 Å². The van der Waals surface area contributed by atoms with Gasteiger partial charge in [0.15, 0.2) is 11.6 Å². The number of nitrogens with one attached hydrogen (secondary N) is 2. The number of rotatable bonds is 5. The summed E-state index contributed by atoms with van der Waals surface area (Å²) in [6.07, 6.45) is 12.3. The highest BCUT2D eigenvalue weighted by atomic mass is 127. The average Bonchev–Trinajstić information content (AvgIpc) is 3.17. The van der Waals surface area contributed by atoms with Crippen molar-refractivity contribution in [3.8, 4) is 0 Å². The van der Waals surface area contributed by atoms with Gasteiger partial charge >= 0.3 is 0 Å². The van der Waals surface area contributed by atoms with Crippen LogP contribution in [-0.4, -0.2) is 64.2 Å². The molecule has 3 heterocycles. The minimum Gasteiger partial charge on any atom is -0.356 e. The van der Waals surface area contributed by atoms with Crippen molar-refractivity contribution in [3.63, 3.8) is 0 Å². The van der Waals surface area contributed by atoms with Crippen molar-refractivity contribution >= 4 is 35.6 Å². The second-order valence-electron chi connectivity index (χ2n) is 8.04. The number of piperidine rings is 1. The lowest BCUT2D eigenvalue weighted by molar-refractivity contribution is 0.119. The van der Waals surface area contributed by atoms with Gasteiger partial charge in [0.1, 0.15) is 5.82 Å². The number of hydrogen-bond donors (Lipinski definition) is 2. The zero-order valence-corrected chi connectivity index (χ0v) is 19.7. The Morgan fingerprint density at radius 1 is 1.10 bits per heavy atom. The molecule has 0 aromatic carbocycles. The molecule has 7 nitrogen and oxygen atoms in total. The Morgan fingerprint density at radius 2 is 1.90 bits per heavy atom. The third kappa shape index (κ3) is 5.81. The van der Waals surface area contributed by atoms with Crippen LogP contribution in [0, 0.1) is 0 Å². The lowest BCUT2D eigenvalue weighted by Gasteiger charge is -2.39. The lowest BCUT2D eigenvalue weighted by atomic mass is 9.92. The molecular formula is C21H34IN7. The summed E-state index contributed by atoms with van der Waals surface area (Å²) in [4.78, 5) is 7.14. The van der Waals surface area contributed by atoms with Crippen LogP contribution in [0.2, 0.25) is 0 Å². The molecule has 1 saturated carbocycles. The highest BCUT2D eigenvalue weighted by Gasteiger charge is 2.26. The number of halogens is 1. The van der Waals surface area contributed by atoms with E-state index in [-0.39, 0.29) is 24.0 Å². The van der Waals surface area contributed by atoms with Crippen molar-refractivity contribution in [1.82, 2.24) is 30.1 Å². The number of nitrogens with zero attached hydrogens (tertiary/aromatic N) is 5. The molecule has 8 heteroatoms. The summed E-state index contributed by atoms with van der Waals surface area (Å²) in [6.45, 7) is 3.21. The summed E-state index contributed by atoms with van der Waals surface area (Å²) in [7, 11) is 1.85. The van der Waals surface area contributed by atoms with Gasteiger partial charge in [-0.15, -0.1) is 34.2 Å². The summed E-state index contributed by atoms with van der Waals surface area (Å²) >= 11 is 0. The maximum Gasteiger partial charge on any atom is 0.191 e. The Labute approximate surface area is 190 Å². The van der Waals surface area contributed by atoms with Crippen LogP contribution in [0.4, 0.5) is 0 Å². The first kappa shape index (κ1) is 22.3. The fraction of sp³-hybridized carbons (Fsp3) is 0.667.